The fourth-order valence-electron chi connectivity index (χ4n) is 1.39. The van der Waals surface area contributed by atoms with E-state index in [-0.39, 0.29) is 5.82 Å². The van der Waals surface area contributed by atoms with E-state index >= 15 is 0 Å². The van der Waals surface area contributed by atoms with Gasteiger partial charge in [0.15, 0.2) is 5.82 Å². The first-order valence-electron chi connectivity index (χ1n) is 5.72. The third-order valence-corrected chi connectivity index (χ3v) is 3.37. The topological polar surface area (TPSA) is 35.0 Å². The van der Waals surface area contributed by atoms with Crippen molar-refractivity contribution >= 4 is 23.4 Å². The molecule has 0 aliphatic carbocycles. The van der Waals surface area contributed by atoms with Crippen molar-refractivity contribution in [1.29, 1.82) is 0 Å². The summed E-state index contributed by atoms with van der Waals surface area (Å²) in [6, 6.07) is 8.13. The second-order valence-corrected chi connectivity index (χ2v) is 5.06. The lowest BCUT2D eigenvalue weighted by Gasteiger charge is -2.05. The zero-order valence-electron chi connectivity index (χ0n) is 10.3. The average molecular weight is 299 g/mol. The first kappa shape index (κ1) is 14.2. The normalized spacial score (nSPS) is 10.7. The fraction of sp³-hybridized carbons (Fsp3) is 0.231. The first-order chi connectivity index (χ1) is 9.19. The van der Waals surface area contributed by atoms with Gasteiger partial charge in [-0.1, -0.05) is 35.5 Å². The van der Waals surface area contributed by atoms with Crippen molar-refractivity contribution in [2.45, 2.75) is 23.5 Å². The monoisotopic (exact) mass is 298 g/mol. The predicted molar refractivity (Wildman–Crippen MR) is 72.9 cm³/mol. The molecule has 1 aromatic carbocycles. The minimum Gasteiger partial charge on any atom is -0.374 e. The zero-order valence-corrected chi connectivity index (χ0v) is 11.8. The van der Waals surface area contributed by atoms with Crippen molar-refractivity contribution < 1.29 is 9.13 Å². The molecule has 0 spiro atoms. The van der Waals surface area contributed by atoms with Crippen LogP contribution in [0.15, 0.2) is 40.3 Å². The molecule has 2 aromatic rings. The Balaban J connectivity index is 2.20. The number of rotatable bonds is 5. The molecule has 0 saturated heterocycles. The Morgan fingerprint density at radius 1 is 1.32 bits per heavy atom. The molecule has 3 nitrogen and oxygen atoms in total. The summed E-state index contributed by atoms with van der Waals surface area (Å²) < 4.78 is 18.8. The van der Waals surface area contributed by atoms with Gasteiger partial charge in [-0.05, 0) is 19.1 Å². The predicted octanol–water partition coefficient (Wildman–Crippen LogP) is 3.96. The number of halogens is 2. The van der Waals surface area contributed by atoms with Crippen molar-refractivity contribution in [3.05, 3.63) is 47.1 Å². The van der Waals surface area contributed by atoms with Crippen LogP contribution < -0.4 is 0 Å². The largest absolute Gasteiger partial charge is 0.374 e. The molecule has 0 radical (unpaired) electrons. The Bertz CT molecular complexity index is 568. The molecule has 0 bridgehead atoms. The van der Waals surface area contributed by atoms with Gasteiger partial charge in [0.25, 0.3) is 0 Å². The summed E-state index contributed by atoms with van der Waals surface area (Å²) in [5.74, 6) is 0.210. The summed E-state index contributed by atoms with van der Waals surface area (Å²) in [4.78, 5) is 8.84. The SMILES string of the molecule is CCOCc1nc(Cl)cc(Sc2ccccc2F)n1. The molecule has 100 valence electrons. The Hall–Kier alpha value is -1.17. The van der Waals surface area contributed by atoms with Crippen molar-refractivity contribution in [3.63, 3.8) is 0 Å². The highest BCUT2D eigenvalue weighted by Crippen LogP contribution is 2.29. The maximum Gasteiger partial charge on any atom is 0.157 e. The van der Waals surface area contributed by atoms with Gasteiger partial charge in [-0.3, -0.25) is 0 Å². The summed E-state index contributed by atoms with van der Waals surface area (Å²) in [6.45, 7) is 2.76. The Morgan fingerprint density at radius 3 is 2.84 bits per heavy atom. The second kappa shape index (κ2) is 6.84. The van der Waals surface area contributed by atoms with E-state index in [1.54, 1.807) is 24.3 Å². The first-order valence-corrected chi connectivity index (χ1v) is 6.92. The van der Waals surface area contributed by atoms with Crippen LogP contribution in [0.3, 0.4) is 0 Å². The lowest BCUT2D eigenvalue weighted by Crippen LogP contribution is -2.00. The van der Waals surface area contributed by atoms with Crippen LogP contribution in [0.5, 0.6) is 0 Å². The third kappa shape index (κ3) is 4.16. The molecule has 0 amide bonds. The van der Waals surface area contributed by atoms with Gasteiger partial charge < -0.3 is 4.74 Å². The van der Waals surface area contributed by atoms with Crippen molar-refractivity contribution in [2.24, 2.45) is 0 Å². The van der Waals surface area contributed by atoms with E-state index in [9.17, 15) is 4.39 Å². The van der Waals surface area contributed by atoms with Gasteiger partial charge in [-0.2, -0.15) is 0 Å². The molecule has 0 fully saturated rings. The number of hydrogen-bond acceptors (Lipinski definition) is 4. The van der Waals surface area contributed by atoms with E-state index in [1.165, 1.54) is 17.8 Å². The van der Waals surface area contributed by atoms with Crippen LogP contribution in [0, 0.1) is 5.82 Å². The van der Waals surface area contributed by atoms with Crippen LogP contribution in [-0.2, 0) is 11.3 Å². The van der Waals surface area contributed by atoms with Crippen molar-refractivity contribution in [1.82, 2.24) is 9.97 Å². The Labute approximate surface area is 120 Å². The average Bonchev–Trinajstić information content (AvgIpc) is 2.38. The zero-order chi connectivity index (χ0) is 13.7. The summed E-state index contributed by atoms with van der Waals surface area (Å²) in [5, 5.41) is 0.920. The van der Waals surface area contributed by atoms with E-state index in [4.69, 9.17) is 16.3 Å². The number of benzene rings is 1. The highest BCUT2D eigenvalue weighted by Gasteiger charge is 2.08. The van der Waals surface area contributed by atoms with Crippen molar-refractivity contribution in [2.75, 3.05) is 6.61 Å². The fourth-order valence-corrected chi connectivity index (χ4v) is 2.52. The smallest absolute Gasteiger partial charge is 0.157 e. The maximum absolute atomic E-state index is 13.6. The van der Waals surface area contributed by atoms with E-state index < -0.39 is 0 Å². The standard InChI is InChI=1S/C13H12ClFN2OS/c1-2-18-8-12-16-11(14)7-13(17-12)19-10-6-4-3-5-9(10)15/h3-7H,2,8H2,1H3. The summed E-state index contributed by atoms with van der Waals surface area (Å²) in [7, 11) is 0. The lowest BCUT2D eigenvalue weighted by molar-refractivity contribution is 0.128. The minimum atomic E-state index is -0.284. The highest BCUT2D eigenvalue weighted by molar-refractivity contribution is 7.99. The Morgan fingerprint density at radius 2 is 2.11 bits per heavy atom. The molecule has 0 unspecified atom stereocenters. The van der Waals surface area contributed by atoms with E-state index in [1.807, 2.05) is 6.92 Å². The van der Waals surface area contributed by atoms with Crippen LogP contribution in [0.4, 0.5) is 4.39 Å². The van der Waals surface area contributed by atoms with Gasteiger partial charge in [-0.15, -0.1) is 0 Å². The third-order valence-electron chi connectivity index (χ3n) is 2.20. The number of aromatic nitrogens is 2. The second-order valence-electron chi connectivity index (χ2n) is 3.61. The minimum absolute atomic E-state index is 0.284. The van der Waals surface area contributed by atoms with Gasteiger partial charge in [0.05, 0.1) is 0 Å². The molecule has 6 heteroatoms. The number of ether oxygens (including phenoxy) is 1. The maximum atomic E-state index is 13.6. The summed E-state index contributed by atoms with van der Waals surface area (Å²) in [5.41, 5.74) is 0. The molecule has 0 atom stereocenters. The van der Waals surface area contributed by atoms with Crippen molar-refractivity contribution in [3.8, 4) is 0 Å². The lowest BCUT2D eigenvalue weighted by atomic mass is 10.3. The molecule has 0 aliphatic rings. The van der Waals surface area contributed by atoms with Crippen LogP contribution in [0.2, 0.25) is 5.15 Å². The van der Waals surface area contributed by atoms with Gasteiger partial charge in [-0.25, -0.2) is 14.4 Å². The van der Waals surface area contributed by atoms with Crippen LogP contribution in [0.25, 0.3) is 0 Å². The molecule has 0 aliphatic heterocycles. The molecule has 0 saturated carbocycles. The molecule has 19 heavy (non-hydrogen) atoms. The van der Waals surface area contributed by atoms with Crippen LogP contribution in [-0.4, -0.2) is 16.6 Å². The molecule has 1 heterocycles. The number of nitrogens with zero attached hydrogens (tertiary/aromatic N) is 2. The quantitative estimate of drug-likeness (QED) is 0.783. The molecular weight excluding hydrogens is 287 g/mol. The summed E-state index contributed by atoms with van der Waals surface area (Å²) in [6.07, 6.45) is 0. The van der Waals surface area contributed by atoms with Crippen LogP contribution >= 0.6 is 23.4 Å². The molecular formula is C13H12ClFN2OS. The van der Waals surface area contributed by atoms with E-state index in [0.717, 1.165) is 0 Å². The van der Waals surface area contributed by atoms with Gasteiger partial charge in [0.1, 0.15) is 22.6 Å². The van der Waals surface area contributed by atoms with E-state index in [0.29, 0.717) is 34.1 Å². The van der Waals surface area contributed by atoms with E-state index in [2.05, 4.69) is 9.97 Å². The molecule has 2 rings (SSSR count). The van der Waals surface area contributed by atoms with Gasteiger partial charge in [0, 0.05) is 17.6 Å². The molecule has 0 N–H and O–H groups in total. The summed E-state index contributed by atoms with van der Waals surface area (Å²) >= 11 is 7.13. The van der Waals surface area contributed by atoms with Crippen LogP contribution in [0.1, 0.15) is 12.7 Å². The molecule has 1 aromatic heterocycles. The van der Waals surface area contributed by atoms with Gasteiger partial charge >= 0.3 is 0 Å². The van der Waals surface area contributed by atoms with Gasteiger partial charge in [0.2, 0.25) is 0 Å². The number of hydrogen-bond donors (Lipinski definition) is 0. The Kier molecular flexibility index (Phi) is 5.13. The highest BCUT2D eigenvalue weighted by atomic mass is 35.5.